The molecular weight excluding hydrogens is 280 g/mol. The summed E-state index contributed by atoms with van der Waals surface area (Å²) in [5.74, 6) is 0.544. The first-order chi connectivity index (χ1) is 10.6. The zero-order valence-electron chi connectivity index (χ0n) is 15.0. The van der Waals surface area contributed by atoms with Crippen LogP contribution in [0.1, 0.15) is 66.7 Å². The minimum absolute atomic E-state index is 0.185. The third kappa shape index (κ3) is 8.37. The molecule has 0 aromatic heterocycles. The highest BCUT2D eigenvalue weighted by molar-refractivity contribution is 6.01. The Morgan fingerprint density at radius 3 is 2.36 bits per heavy atom. The number of carbonyl (C=O) groups is 2. The maximum absolute atomic E-state index is 11.3. The summed E-state index contributed by atoms with van der Waals surface area (Å²) in [4.78, 5) is 23.9. The molecule has 1 N–H and O–H groups in total. The largest absolute Gasteiger partial charge is 0.378 e. The number of carbonyl (C=O) groups excluding carboxylic acids is 2. The minimum atomic E-state index is -0.279. The van der Waals surface area contributed by atoms with E-state index in [4.69, 9.17) is 4.74 Å². The lowest BCUT2D eigenvalue weighted by atomic mass is 9.99. The summed E-state index contributed by atoms with van der Waals surface area (Å²) >= 11 is 0. The van der Waals surface area contributed by atoms with Crippen molar-refractivity contribution in [2.24, 2.45) is 5.92 Å². The molecule has 2 atom stereocenters. The topological polar surface area (TPSA) is 58.6 Å². The molecule has 1 saturated heterocycles. The Labute approximate surface area is 135 Å². The van der Waals surface area contributed by atoms with Crippen molar-refractivity contribution in [3.8, 4) is 0 Å². The van der Waals surface area contributed by atoms with Crippen molar-refractivity contribution in [1.82, 2.24) is 10.2 Å². The van der Waals surface area contributed by atoms with Crippen LogP contribution in [-0.4, -0.2) is 42.6 Å². The summed E-state index contributed by atoms with van der Waals surface area (Å²) in [6, 6.07) is -0.279. The van der Waals surface area contributed by atoms with E-state index in [1.54, 1.807) is 0 Å². The highest BCUT2D eigenvalue weighted by Gasteiger charge is 2.25. The van der Waals surface area contributed by atoms with Gasteiger partial charge in [0.05, 0.1) is 6.10 Å². The van der Waals surface area contributed by atoms with Gasteiger partial charge in [0, 0.05) is 13.2 Å². The Kier molecular flexibility index (Phi) is 11.8. The van der Waals surface area contributed by atoms with Crippen LogP contribution in [0.2, 0.25) is 0 Å². The van der Waals surface area contributed by atoms with Crippen LogP contribution in [0.3, 0.4) is 0 Å². The van der Waals surface area contributed by atoms with Crippen molar-refractivity contribution in [3.05, 3.63) is 0 Å². The number of nitrogens with one attached hydrogen (secondary N) is 1. The number of amides is 3. The van der Waals surface area contributed by atoms with Crippen molar-refractivity contribution in [1.29, 1.82) is 0 Å². The molecule has 2 unspecified atom stereocenters. The van der Waals surface area contributed by atoms with Crippen LogP contribution in [-0.2, 0) is 9.53 Å². The number of nitrogens with zero attached hydrogens (tertiary/aromatic N) is 1. The Hall–Kier alpha value is -1.10. The fraction of sp³-hybridized carbons (Fsp3) is 0.882. The molecule has 5 heteroatoms. The zero-order chi connectivity index (χ0) is 17.0. The molecule has 0 bridgehead atoms. The lowest BCUT2D eigenvalue weighted by Crippen LogP contribution is -2.30. The molecule has 22 heavy (non-hydrogen) atoms. The molecule has 0 radical (unpaired) electrons. The van der Waals surface area contributed by atoms with Crippen molar-refractivity contribution in [2.75, 3.05) is 19.7 Å². The van der Waals surface area contributed by atoms with Gasteiger partial charge < -0.3 is 9.64 Å². The van der Waals surface area contributed by atoms with E-state index in [0.717, 1.165) is 25.2 Å². The first-order valence-corrected chi connectivity index (χ1v) is 8.77. The standard InChI is InChI=1S/C15H28N2O3.C2H6/c1-4-12(3)7-8-13(5-2)20-10-6-9-17-11-14(18)16-15(17)19;1-2/h12-13H,4-11H2,1-3H3,(H,16,18,19);1-2H3. The van der Waals surface area contributed by atoms with E-state index in [1.165, 1.54) is 17.7 Å². The smallest absolute Gasteiger partial charge is 0.324 e. The van der Waals surface area contributed by atoms with Gasteiger partial charge in [-0.25, -0.2) is 4.79 Å². The van der Waals surface area contributed by atoms with E-state index in [0.29, 0.717) is 19.3 Å². The van der Waals surface area contributed by atoms with Gasteiger partial charge in [-0.2, -0.15) is 0 Å². The van der Waals surface area contributed by atoms with E-state index >= 15 is 0 Å². The van der Waals surface area contributed by atoms with E-state index < -0.39 is 0 Å². The fourth-order valence-electron chi connectivity index (χ4n) is 2.25. The van der Waals surface area contributed by atoms with Crippen LogP contribution in [0.25, 0.3) is 0 Å². The minimum Gasteiger partial charge on any atom is -0.378 e. The van der Waals surface area contributed by atoms with Gasteiger partial charge in [0.1, 0.15) is 6.54 Å². The lowest BCUT2D eigenvalue weighted by Gasteiger charge is -2.19. The van der Waals surface area contributed by atoms with E-state index in [-0.39, 0.29) is 18.5 Å². The van der Waals surface area contributed by atoms with Gasteiger partial charge in [0.15, 0.2) is 0 Å². The summed E-state index contributed by atoms with van der Waals surface area (Å²) in [6.45, 7) is 12.1. The third-order valence-electron chi connectivity index (χ3n) is 3.93. The van der Waals surface area contributed by atoms with Crippen LogP contribution in [0.15, 0.2) is 0 Å². The van der Waals surface area contributed by atoms with Gasteiger partial charge in [-0.05, 0) is 31.6 Å². The second-order valence-corrected chi connectivity index (χ2v) is 5.62. The molecule has 1 aliphatic heterocycles. The van der Waals surface area contributed by atoms with Crippen molar-refractivity contribution < 1.29 is 14.3 Å². The Bertz CT molecular complexity index is 321. The van der Waals surface area contributed by atoms with Gasteiger partial charge in [0.2, 0.25) is 5.91 Å². The Morgan fingerprint density at radius 2 is 1.86 bits per heavy atom. The summed E-state index contributed by atoms with van der Waals surface area (Å²) in [5, 5.41) is 2.27. The average molecular weight is 314 g/mol. The average Bonchev–Trinajstić information content (AvgIpc) is 2.86. The maximum atomic E-state index is 11.3. The first-order valence-electron chi connectivity index (χ1n) is 8.77. The van der Waals surface area contributed by atoms with Gasteiger partial charge in [0.25, 0.3) is 0 Å². The third-order valence-corrected chi connectivity index (χ3v) is 3.93. The highest BCUT2D eigenvalue weighted by atomic mass is 16.5. The summed E-state index contributed by atoms with van der Waals surface area (Å²) in [6.07, 6.45) is 5.65. The second kappa shape index (κ2) is 12.4. The summed E-state index contributed by atoms with van der Waals surface area (Å²) in [7, 11) is 0. The Morgan fingerprint density at radius 1 is 1.18 bits per heavy atom. The Balaban J connectivity index is 0.00000211. The fourth-order valence-corrected chi connectivity index (χ4v) is 2.25. The van der Waals surface area contributed by atoms with E-state index in [1.807, 2.05) is 13.8 Å². The molecule has 1 fully saturated rings. The number of hydrogen-bond donors (Lipinski definition) is 1. The van der Waals surface area contributed by atoms with Crippen molar-refractivity contribution in [3.63, 3.8) is 0 Å². The maximum Gasteiger partial charge on any atom is 0.324 e. The molecule has 1 heterocycles. The second-order valence-electron chi connectivity index (χ2n) is 5.62. The normalized spacial score (nSPS) is 16.9. The van der Waals surface area contributed by atoms with Crippen molar-refractivity contribution >= 4 is 11.9 Å². The van der Waals surface area contributed by atoms with E-state index in [2.05, 4.69) is 26.1 Å². The lowest BCUT2D eigenvalue weighted by molar-refractivity contribution is -0.118. The summed E-state index contributed by atoms with van der Waals surface area (Å²) < 4.78 is 5.86. The molecule has 1 aliphatic rings. The van der Waals surface area contributed by atoms with Gasteiger partial charge in [-0.1, -0.05) is 41.0 Å². The van der Waals surface area contributed by atoms with Crippen LogP contribution in [0, 0.1) is 5.92 Å². The zero-order valence-corrected chi connectivity index (χ0v) is 15.0. The first kappa shape index (κ1) is 20.9. The van der Waals surface area contributed by atoms with Gasteiger partial charge >= 0.3 is 6.03 Å². The molecule has 0 spiro atoms. The number of rotatable bonds is 10. The van der Waals surface area contributed by atoms with Gasteiger partial charge in [-0.15, -0.1) is 0 Å². The molecule has 130 valence electrons. The van der Waals surface area contributed by atoms with Crippen LogP contribution >= 0.6 is 0 Å². The number of imide groups is 1. The molecule has 0 aromatic rings. The predicted molar refractivity (Wildman–Crippen MR) is 89.8 cm³/mol. The number of hydrogen-bond acceptors (Lipinski definition) is 3. The highest BCUT2D eigenvalue weighted by Crippen LogP contribution is 2.15. The molecule has 0 aromatic carbocycles. The predicted octanol–water partition coefficient (Wildman–Crippen LogP) is 3.58. The molecular formula is C17H34N2O3. The van der Waals surface area contributed by atoms with Crippen molar-refractivity contribution in [2.45, 2.75) is 72.8 Å². The monoisotopic (exact) mass is 314 g/mol. The molecule has 3 amide bonds. The number of urea groups is 1. The van der Waals surface area contributed by atoms with Gasteiger partial charge in [-0.3, -0.25) is 10.1 Å². The van der Waals surface area contributed by atoms with Crippen LogP contribution in [0.4, 0.5) is 4.79 Å². The van der Waals surface area contributed by atoms with Crippen LogP contribution in [0.5, 0.6) is 0 Å². The summed E-state index contributed by atoms with van der Waals surface area (Å²) in [5.41, 5.74) is 0. The van der Waals surface area contributed by atoms with Crippen LogP contribution < -0.4 is 5.32 Å². The molecule has 0 saturated carbocycles. The number of ether oxygens (including phenoxy) is 1. The quantitative estimate of drug-likeness (QED) is 0.495. The molecule has 1 rings (SSSR count). The van der Waals surface area contributed by atoms with E-state index in [9.17, 15) is 9.59 Å². The molecule has 5 nitrogen and oxygen atoms in total. The molecule has 0 aliphatic carbocycles. The SMILES string of the molecule is CC.CCC(C)CCC(CC)OCCCN1CC(=O)NC1=O.